The van der Waals surface area contributed by atoms with Gasteiger partial charge in [0.05, 0.1) is 30.5 Å². The van der Waals surface area contributed by atoms with Gasteiger partial charge in [0.2, 0.25) is 5.91 Å². The van der Waals surface area contributed by atoms with Crippen molar-refractivity contribution in [2.24, 2.45) is 0 Å². The molecule has 0 spiro atoms. The predicted molar refractivity (Wildman–Crippen MR) is 96.6 cm³/mol. The molecule has 0 saturated carbocycles. The molecule has 10 nitrogen and oxygen atoms in total. The number of benzene rings is 1. The van der Waals surface area contributed by atoms with Crippen LogP contribution in [0.1, 0.15) is 11.3 Å². The molecule has 2 heterocycles. The molecule has 3 aromatic rings. The first-order valence-electron chi connectivity index (χ1n) is 8.08. The fourth-order valence-corrected chi connectivity index (χ4v) is 2.59. The summed E-state index contributed by atoms with van der Waals surface area (Å²) >= 11 is 0. The average molecular weight is 370 g/mol. The highest BCUT2D eigenvalue weighted by Gasteiger charge is 2.16. The van der Waals surface area contributed by atoms with Crippen LogP contribution in [-0.2, 0) is 17.9 Å². The first kappa shape index (κ1) is 18.1. The Morgan fingerprint density at radius 1 is 1.33 bits per heavy atom. The van der Waals surface area contributed by atoms with Crippen molar-refractivity contribution in [2.75, 3.05) is 12.4 Å². The van der Waals surface area contributed by atoms with Gasteiger partial charge in [0.15, 0.2) is 0 Å². The van der Waals surface area contributed by atoms with E-state index in [4.69, 9.17) is 4.74 Å². The van der Waals surface area contributed by atoms with Crippen LogP contribution in [0.4, 0.5) is 11.4 Å². The number of rotatable bonds is 7. The summed E-state index contributed by atoms with van der Waals surface area (Å²) in [5, 5.41) is 21.7. The molecule has 0 unspecified atom stereocenters. The molecule has 0 atom stereocenters. The first-order chi connectivity index (χ1) is 12.9. The lowest BCUT2D eigenvalue weighted by molar-refractivity contribution is -0.385. The Morgan fingerprint density at radius 3 is 2.85 bits per heavy atom. The van der Waals surface area contributed by atoms with Gasteiger partial charge in [-0.05, 0) is 24.6 Å². The van der Waals surface area contributed by atoms with Gasteiger partial charge in [-0.25, -0.2) is 0 Å². The van der Waals surface area contributed by atoms with E-state index in [1.54, 1.807) is 18.0 Å². The van der Waals surface area contributed by atoms with Crippen LogP contribution in [0.2, 0.25) is 0 Å². The minimum Gasteiger partial charge on any atom is -0.497 e. The average Bonchev–Trinajstić information content (AvgIpc) is 3.21. The van der Waals surface area contributed by atoms with E-state index in [1.807, 2.05) is 24.3 Å². The molecular weight excluding hydrogens is 352 g/mol. The van der Waals surface area contributed by atoms with Crippen LogP contribution in [-0.4, -0.2) is 37.5 Å². The zero-order valence-electron chi connectivity index (χ0n) is 14.8. The van der Waals surface area contributed by atoms with Crippen molar-refractivity contribution in [2.45, 2.75) is 20.0 Å². The summed E-state index contributed by atoms with van der Waals surface area (Å²) in [6, 6.07) is 7.62. The van der Waals surface area contributed by atoms with E-state index < -0.39 is 4.92 Å². The molecule has 2 aromatic heterocycles. The molecule has 0 fully saturated rings. The zero-order chi connectivity index (χ0) is 19.4. The van der Waals surface area contributed by atoms with Gasteiger partial charge in [0.25, 0.3) is 0 Å². The van der Waals surface area contributed by atoms with Gasteiger partial charge in [0.1, 0.15) is 24.2 Å². The fraction of sp³-hybridized carbons (Fsp3) is 0.235. The van der Waals surface area contributed by atoms with Gasteiger partial charge in [-0.3, -0.25) is 24.3 Å². The highest BCUT2D eigenvalue weighted by atomic mass is 16.6. The van der Waals surface area contributed by atoms with Crippen LogP contribution >= 0.6 is 0 Å². The summed E-state index contributed by atoms with van der Waals surface area (Å²) < 4.78 is 8.12. The number of hydrogen-bond donors (Lipinski definition) is 1. The van der Waals surface area contributed by atoms with Crippen LogP contribution in [0.25, 0.3) is 0 Å². The highest BCUT2D eigenvalue weighted by Crippen LogP contribution is 2.16. The second kappa shape index (κ2) is 7.68. The highest BCUT2D eigenvalue weighted by molar-refractivity contribution is 5.90. The second-order valence-electron chi connectivity index (χ2n) is 5.88. The number of hydrogen-bond acceptors (Lipinski definition) is 6. The Labute approximate surface area is 154 Å². The Bertz CT molecular complexity index is 977. The standard InChI is InChI=1S/C17H18N6O4/c1-12-16(23(25)26)10-22(20-12)11-17(24)19-14-7-18-21(9-14)8-13-4-3-5-15(6-13)27-2/h3-7,9-10H,8,11H2,1-2H3,(H,19,24). The third-order valence-electron chi connectivity index (χ3n) is 3.82. The monoisotopic (exact) mass is 370 g/mol. The maximum atomic E-state index is 12.1. The number of aromatic nitrogens is 4. The minimum atomic E-state index is -0.528. The molecule has 0 radical (unpaired) electrons. The van der Waals surface area contributed by atoms with E-state index in [-0.39, 0.29) is 23.8 Å². The molecule has 0 aliphatic heterocycles. The largest absolute Gasteiger partial charge is 0.497 e. The van der Waals surface area contributed by atoms with Gasteiger partial charge in [0, 0.05) is 6.20 Å². The summed E-state index contributed by atoms with van der Waals surface area (Å²) in [6.07, 6.45) is 4.48. The van der Waals surface area contributed by atoms with E-state index in [0.29, 0.717) is 12.2 Å². The van der Waals surface area contributed by atoms with Crippen molar-refractivity contribution in [3.63, 3.8) is 0 Å². The van der Waals surface area contributed by atoms with E-state index in [0.717, 1.165) is 11.3 Å². The van der Waals surface area contributed by atoms with Crippen molar-refractivity contribution in [1.82, 2.24) is 19.6 Å². The fourth-order valence-electron chi connectivity index (χ4n) is 2.59. The van der Waals surface area contributed by atoms with Gasteiger partial charge < -0.3 is 10.1 Å². The molecule has 140 valence electrons. The molecule has 0 saturated heterocycles. The molecule has 1 N–H and O–H groups in total. The Kier molecular flexibility index (Phi) is 5.15. The topological polar surface area (TPSA) is 117 Å². The Hall–Kier alpha value is -3.69. The number of anilines is 1. The van der Waals surface area contributed by atoms with Crippen molar-refractivity contribution >= 4 is 17.3 Å². The van der Waals surface area contributed by atoms with Crippen molar-refractivity contribution < 1.29 is 14.5 Å². The van der Waals surface area contributed by atoms with Crippen LogP contribution in [0.15, 0.2) is 42.9 Å². The number of carbonyl (C=O) groups is 1. The molecular formula is C17H18N6O4. The van der Waals surface area contributed by atoms with Crippen molar-refractivity contribution in [1.29, 1.82) is 0 Å². The smallest absolute Gasteiger partial charge is 0.309 e. The summed E-state index contributed by atoms with van der Waals surface area (Å²) in [7, 11) is 1.61. The van der Waals surface area contributed by atoms with Gasteiger partial charge in [-0.1, -0.05) is 12.1 Å². The lowest BCUT2D eigenvalue weighted by Crippen LogP contribution is -2.18. The van der Waals surface area contributed by atoms with E-state index in [1.165, 1.54) is 24.0 Å². The van der Waals surface area contributed by atoms with Crippen LogP contribution < -0.4 is 10.1 Å². The molecule has 0 bridgehead atoms. The SMILES string of the molecule is COc1cccc(Cn2cc(NC(=O)Cn3cc([N+](=O)[O-])c(C)n3)cn2)c1. The molecule has 3 rings (SSSR count). The van der Waals surface area contributed by atoms with Crippen LogP contribution in [0, 0.1) is 17.0 Å². The quantitative estimate of drug-likeness (QED) is 0.502. The predicted octanol–water partition coefficient (Wildman–Crippen LogP) is 1.99. The molecule has 0 aliphatic rings. The number of aryl methyl sites for hydroxylation is 1. The molecule has 10 heteroatoms. The Balaban J connectivity index is 1.60. The number of carbonyl (C=O) groups excluding carboxylic acids is 1. The minimum absolute atomic E-state index is 0.117. The first-order valence-corrected chi connectivity index (χ1v) is 8.08. The number of nitrogens with one attached hydrogen (secondary N) is 1. The van der Waals surface area contributed by atoms with Gasteiger partial charge in [-0.15, -0.1) is 0 Å². The van der Waals surface area contributed by atoms with Crippen molar-refractivity contribution in [3.8, 4) is 5.75 Å². The third-order valence-corrected chi connectivity index (χ3v) is 3.82. The second-order valence-corrected chi connectivity index (χ2v) is 5.88. The van der Waals surface area contributed by atoms with Gasteiger partial charge in [-0.2, -0.15) is 10.2 Å². The lowest BCUT2D eigenvalue weighted by atomic mass is 10.2. The Morgan fingerprint density at radius 2 is 2.15 bits per heavy atom. The number of nitro groups is 1. The van der Waals surface area contributed by atoms with Gasteiger partial charge >= 0.3 is 5.69 Å². The van der Waals surface area contributed by atoms with Crippen molar-refractivity contribution in [3.05, 3.63) is 64.2 Å². The molecule has 0 aliphatic carbocycles. The summed E-state index contributed by atoms with van der Waals surface area (Å²) in [4.78, 5) is 22.4. The lowest BCUT2D eigenvalue weighted by Gasteiger charge is -2.05. The number of methoxy groups -OCH3 is 1. The number of nitrogens with zero attached hydrogens (tertiary/aromatic N) is 5. The van der Waals surface area contributed by atoms with E-state index in [2.05, 4.69) is 15.5 Å². The van der Waals surface area contributed by atoms with E-state index in [9.17, 15) is 14.9 Å². The summed E-state index contributed by atoms with van der Waals surface area (Å²) in [6.45, 7) is 1.92. The number of ether oxygens (including phenoxy) is 1. The molecule has 1 aromatic carbocycles. The summed E-state index contributed by atoms with van der Waals surface area (Å²) in [5.74, 6) is 0.408. The van der Waals surface area contributed by atoms with E-state index >= 15 is 0 Å². The normalized spacial score (nSPS) is 10.6. The molecule has 27 heavy (non-hydrogen) atoms. The third kappa shape index (κ3) is 4.48. The zero-order valence-corrected chi connectivity index (χ0v) is 14.8. The molecule has 1 amide bonds. The number of amides is 1. The maximum absolute atomic E-state index is 12.1. The van der Waals surface area contributed by atoms with Crippen LogP contribution in [0.5, 0.6) is 5.75 Å². The van der Waals surface area contributed by atoms with Crippen LogP contribution in [0.3, 0.4) is 0 Å². The maximum Gasteiger partial charge on any atom is 0.309 e. The summed E-state index contributed by atoms with van der Waals surface area (Å²) in [5.41, 5.74) is 1.68.